The van der Waals surface area contributed by atoms with Gasteiger partial charge in [-0.15, -0.1) is 0 Å². The Labute approximate surface area is 167 Å². The molecule has 0 heterocycles. The van der Waals surface area contributed by atoms with E-state index in [2.05, 4.69) is 41.7 Å². The number of methoxy groups -OCH3 is 3. The van der Waals surface area contributed by atoms with E-state index in [0.717, 1.165) is 34.7 Å². The highest BCUT2D eigenvalue weighted by Gasteiger charge is 2.13. The minimum Gasteiger partial charge on any atom is -0.493 e. The molecule has 146 valence electrons. The van der Waals surface area contributed by atoms with E-state index >= 15 is 0 Å². The molecule has 0 aliphatic heterocycles. The highest BCUT2D eigenvalue weighted by molar-refractivity contribution is 5.71. The van der Waals surface area contributed by atoms with Crippen molar-refractivity contribution in [2.24, 2.45) is 0 Å². The standard InChI is InChI=1S/C24H27NO3/c1-26-17-20-12-8-7-11-19(20)15-25-16-21-13-23(27-2)24(28-3)14-22(21)18-9-5-4-6-10-18/h4-14,25H,15-17H2,1-3H3. The number of ether oxygens (including phenoxy) is 3. The second kappa shape index (κ2) is 9.93. The van der Waals surface area contributed by atoms with Crippen LogP contribution in [0.5, 0.6) is 11.5 Å². The first-order valence-electron chi connectivity index (χ1n) is 9.33. The van der Waals surface area contributed by atoms with Gasteiger partial charge >= 0.3 is 0 Å². The average molecular weight is 377 g/mol. The Hall–Kier alpha value is -2.82. The van der Waals surface area contributed by atoms with Crippen LogP contribution in [0.2, 0.25) is 0 Å². The molecule has 4 nitrogen and oxygen atoms in total. The molecule has 4 heteroatoms. The normalized spacial score (nSPS) is 10.7. The Morgan fingerprint density at radius 2 is 1.29 bits per heavy atom. The monoisotopic (exact) mass is 377 g/mol. The van der Waals surface area contributed by atoms with E-state index in [-0.39, 0.29) is 0 Å². The van der Waals surface area contributed by atoms with Crippen LogP contribution in [-0.4, -0.2) is 21.3 Å². The van der Waals surface area contributed by atoms with Crippen LogP contribution in [0.25, 0.3) is 11.1 Å². The van der Waals surface area contributed by atoms with E-state index in [0.29, 0.717) is 13.2 Å². The minimum absolute atomic E-state index is 0.615. The molecule has 0 saturated carbocycles. The summed E-state index contributed by atoms with van der Waals surface area (Å²) >= 11 is 0. The molecule has 0 fully saturated rings. The first kappa shape index (κ1) is 19.9. The first-order valence-corrected chi connectivity index (χ1v) is 9.33. The topological polar surface area (TPSA) is 39.7 Å². The molecular formula is C24H27NO3. The number of hydrogen-bond donors (Lipinski definition) is 1. The van der Waals surface area contributed by atoms with Crippen LogP contribution in [0, 0.1) is 0 Å². The van der Waals surface area contributed by atoms with Gasteiger partial charge in [-0.25, -0.2) is 0 Å². The summed E-state index contributed by atoms with van der Waals surface area (Å²) in [4.78, 5) is 0. The summed E-state index contributed by atoms with van der Waals surface area (Å²) in [6.07, 6.45) is 0. The lowest BCUT2D eigenvalue weighted by atomic mass is 9.98. The van der Waals surface area contributed by atoms with E-state index in [1.165, 1.54) is 11.1 Å². The second-order valence-electron chi connectivity index (χ2n) is 6.54. The van der Waals surface area contributed by atoms with Crippen LogP contribution in [0.4, 0.5) is 0 Å². The van der Waals surface area contributed by atoms with Crippen LogP contribution < -0.4 is 14.8 Å². The van der Waals surface area contributed by atoms with E-state index in [1.54, 1.807) is 21.3 Å². The Bertz CT molecular complexity index is 894. The zero-order chi connectivity index (χ0) is 19.8. The molecular weight excluding hydrogens is 350 g/mol. The van der Waals surface area contributed by atoms with Crippen molar-refractivity contribution >= 4 is 0 Å². The van der Waals surface area contributed by atoms with Crippen molar-refractivity contribution in [1.29, 1.82) is 0 Å². The van der Waals surface area contributed by atoms with E-state index in [9.17, 15) is 0 Å². The van der Waals surface area contributed by atoms with Crippen molar-refractivity contribution in [3.8, 4) is 22.6 Å². The number of rotatable bonds is 9. The average Bonchev–Trinajstić information content (AvgIpc) is 2.75. The quantitative estimate of drug-likeness (QED) is 0.581. The molecule has 0 aromatic heterocycles. The van der Waals surface area contributed by atoms with Crippen molar-refractivity contribution in [2.45, 2.75) is 19.7 Å². The van der Waals surface area contributed by atoms with Gasteiger partial charge in [0.15, 0.2) is 11.5 Å². The predicted molar refractivity (Wildman–Crippen MR) is 113 cm³/mol. The molecule has 0 aliphatic rings. The Balaban J connectivity index is 1.85. The SMILES string of the molecule is COCc1ccccc1CNCc1cc(OC)c(OC)cc1-c1ccccc1. The molecule has 0 atom stereocenters. The van der Waals surface area contributed by atoms with Crippen LogP contribution >= 0.6 is 0 Å². The van der Waals surface area contributed by atoms with E-state index in [4.69, 9.17) is 14.2 Å². The van der Waals surface area contributed by atoms with Gasteiger partial charge < -0.3 is 19.5 Å². The molecule has 0 amide bonds. The zero-order valence-electron chi connectivity index (χ0n) is 16.7. The summed E-state index contributed by atoms with van der Waals surface area (Å²) in [6, 6.07) is 22.8. The second-order valence-corrected chi connectivity index (χ2v) is 6.54. The van der Waals surface area contributed by atoms with Crippen LogP contribution in [-0.2, 0) is 24.4 Å². The van der Waals surface area contributed by atoms with Crippen molar-refractivity contribution in [2.75, 3.05) is 21.3 Å². The van der Waals surface area contributed by atoms with Gasteiger partial charge in [0.1, 0.15) is 0 Å². The van der Waals surface area contributed by atoms with Gasteiger partial charge in [0, 0.05) is 20.2 Å². The fourth-order valence-electron chi connectivity index (χ4n) is 3.31. The van der Waals surface area contributed by atoms with Gasteiger partial charge in [-0.2, -0.15) is 0 Å². The number of nitrogens with one attached hydrogen (secondary N) is 1. The minimum atomic E-state index is 0.615. The summed E-state index contributed by atoms with van der Waals surface area (Å²) in [5.74, 6) is 1.47. The van der Waals surface area contributed by atoms with Crippen molar-refractivity contribution < 1.29 is 14.2 Å². The largest absolute Gasteiger partial charge is 0.493 e. The van der Waals surface area contributed by atoms with E-state index < -0.39 is 0 Å². The van der Waals surface area contributed by atoms with Crippen molar-refractivity contribution in [3.05, 3.63) is 83.4 Å². The molecule has 0 unspecified atom stereocenters. The van der Waals surface area contributed by atoms with Gasteiger partial charge in [-0.3, -0.25) is 0 Å². The molecule has 0 spiro atoms. The van der Waals surface area contributed by atoms with Gasteiger partial charge in [0.25, 0.3) is 0 Å². The molecule has 28 heavy (non-hydrogen) atoms. The van der Waals surface area contributed by atoms with Crippen molar-refractivity contribution in [1.82, 2.24) is 5.32 Å². The number of hydrogen-bond acceptors (Lipinski definition) is 4. The first-order chi connectivity index (χ1) is 13.8. The van der Waals surface area contributed by atoms with Crippen LogP contribution in [0.3, 0.4) is 0 Å². The molecule has 0 saturated heterocycles. The van der Waals surface area contributed by atoms with Crippen LogP contribution in [0.15, 0.2) is 66.7 Å². The molecule has 0 aliphatic carbocycles. The van der Waals surface area contributed by atoms with Crippen LogP contribution in [0.1, 0.15) is 16.7 Å². The lowest BCUT2D eigenvalue weighted by Crippen LogP contribution is -2.15. The molecule has 3 aromatic carbocycles. The Kier molecular flexibility index (Phi) is 7.06. The summed E-state index contributed by atoms with van der Waals surface area (Å²) in [5.41, 5.74) is 5.89. The summed E-state index contributed by atoms with van der Waals surface area (Å²) in [6.45, 7) is 2.09. The Morgan fingerprint density at radius 1 is 0.679 bits per heavy atom. The summed E-state index contributed by atoms with van der Waals surface area (Å²) < 4.78 is 16.3. The maximum atomic E-state index is 5.51. The molecule has 0 radical (unpaired) electrons. The van der Waals surface area contributed by atoms with Gasteiger partial charge in [0.2, 0.25) is 0 Å². The third-order valence-corrected chi connectivity index (χ3v) is 4.74. The smallest absolute Gasteiger partial charge is 0.161 e. The molecule has 1 N–H and O–H groups in total. The third-order valence-electron chi connectivity index (χ3n) is 4.74. The molecule has 3 rings (SSSR count). The summed E-state index contributed by atoms with van der Waals surface area (Å²) in [7, 11) is 5.05. The lowest BCUT2D eigenvalue weighted by Gasteiger charge is -2.16. The summed E-state index contributed by atoms with van der Waals surface area (Å²) in [5, 5.41) is 3.56. The fourth-order valence-corrected chi connectivity index (χ4v) is 3.31. The van der Waals surface area contributed by atoms with Gasteiger partial charge in [0.05, 0.1) is 20.8 Å². The van der Waals surface area contributed by atoms with Gasteiger partial charge in [-0.05, 0) is 39.9 Å². The zero-order valence-corrected chi connectivity index (χ0v) is 16.7. The fraction of sp³-hybridized carbons (Fsp3) is 0.250. The predicted octanol–water partition coefficient (Wildman–Crippen LogP) is 4.81. The lowest BCUT2D eigenvalue weighted by molar-refractivity contribution is 0.184. The molecule has 3 aromatic rings. The van der Waals surface area contributed by atoms with E-state index in [1.807, 2.05) is 30.3 Å². The highest BCUT2D eigenvalue weighted by atomic mass is 16.5. The maximum absolute atomic E-state index is 5.51. The van der Waals surface area contributed by atoms with Gasteiger partial charge in [-0.1, -0.05) is 54.6 Å². The third kappa shape index (κ3) is 4.71. The highest BCUT2D eigenvalue weighted by Crippen LogP contribution is 2.35. The number of benzene rings is 3. The maximum Gasteiger partial charge on any atom is 0.161 e. The molecule has 0 bridgehead atoms. The Morgan fingerprint density at radius 3 is 1.96 bits per heavy atom. The van der Waals surface area contributed by atoms with Crippen molar-refractivity contribution in [3.63, 3.8) is 0 Å².